The zero-order chi connectivity index (χ0) is 22.3. The third-order valence-electron chi connectivity index (χ3n) is 4.35. The van der Waals surface area contributed by atoms with E-state index in [-0.39, 0.29) is 17.5 Å². The number of carbonyl (C=O) groups is 1. The minimum Gasteiger partial charge on any atom is -0.494 e. The number of rotatable bonds is 4. The van der Waals surface area contributed by atoms with Crippen molar-refractivity contribution >= 4 is 17.7 Å². The van der Waals surface area contributed by atoms with Gasteiger partial charge in [0, 0.05) is 15.4 Å². The second-order valence-electron chi connectivity index (χ2n) is 6.38. The van der Waals surface area contributed by atoms with E-state index in [4.69, 9.17) is 14.6 Å². The Bertz CT molecular complexity index is 870. The zero-order valence-corrected chi connectivity index (χ0v) is 16.7. The fraction of sp³-hybridized carbons (Fsp3) is 0.350. The number of benzene rings is 2. The molecule has 164 valence electrons. The molecule has 0 radical (unpaired) electrons. The standard InChI is InChI=1S/C18H19F2NOS.C2HF3O2/c1-22-16-11-13(5-6-14(16)19)23-17-4-2-3-15(20)18(17)12-7-9-21-10-8-12;3-2(4,5)1(6)7/h2-6,11-12,21H,7-10H2,1H3;(H,6,7). The van der Waals surface area contributed by atoms with Crippen LogP contribution in [0.3, 0.4) is 0 Å². The van der Waals surface area contributed by atoms with Gasteiger partial charge in [-0.25, -0.2) is 13.6 Å². The lowest BCUT2D eigenvalue weighted by atomic mass is 9.90. The summed E-state index contributed by atoms with van der Waals surface area (Å²) >= 11 is 1.45. The van der Waals surface area contributed by atoms with Crippen molar-refractivity contribution < 1.29 is 36.6 Å². The molecule has 30 heavy (non-hydrogen) atoms. The largest absolute Gasteiger partial charge is 0.494 e. The Hall–Kier alpha value is -2.33. The molecule has 1 aliphatic heterocycles. The minimum atomic E-state index is -5.08. The lowest BCUT2D eigenvalue weighted by Crippen LogP contribution is -2.27. The summed E-state index contributed by atoms with van der Waals surface area (Å²) < 4.78 is 64.7. The number of alkyl halides is 3. The quantitative estimate of drug-likeness (QED) is 0.627. The van der Waals surface area contributed by atoms with Gasteiger partial charge >= 0.3 is 12.1 Å². The van der Waals surface area contributed by atoms with Crippen molar-refractivity contribution in [1.82, 2.24) is 5.32 Å². The number of hydrogen-bond donors (Lipinski definition) is 2. The number of aliphatic carboxylic acids is 1. The molecule has 0 aliphatic carbocycles. The monoisotopic (exact) mass is 449 g/mol. The van der Waals surface area contributed by atoms with E-state index in [0.717, 1.165) is 41.3 Å². The molecule has 0 atom stereocenters. The van der Waals surface area contributed by atoms with Gasteiger partial charge in [-0.2, -0.15) is 13.2 Å². The van der Waals surface area contributed by atoms with E-state index >= 15 is 0 Å². The molecule has 4 nitrogen and oxygen atoms in total. The molecule has 2 aromatic carbocycles. The SMILES string of the molecule is COc1cc(Sc2cccc(F)c2C2CCNCC2)ccc1F.O=C(O)C(F)(F)F. The van der Waals surface area contributed by atoms with Gasteiger partial charge in [0.05, 0.1) is 7.11 Å². The molecule has 0 bridgehead atoms. The van der Waals surface area contributed by atoms with Gasteiger partial charge in [0.25, 0.3) is 0 Å². The summed E-state index contributed by atoms with van der Waals surface area (Å²) in [5, 5.41) is 10.4. The maximum atomic E-state index is 14.4. The fourth-order valence-corrected chi connectivity index (χ4v) is 4.02. The third kappa shape index (κ3) is 6.60. The Morgan fingerprint density at radius 2 is 1.77 bits per heavy atom. The van der Waals surface area contributed by atoms with Crippen molar-refractivity contribution in [2.75, 3.05) is 20.2 Å². The minimum absolute atomic E-state index is 0.157. The van der Waals surface area contributed by atoms with E-state index in [1.807, 2.05) is 6.07 Å². The highest BCUT2D eigenvalue weighted by Gasteiger charge is 2.38. The molecule has 0 saturated carbocycles. The summed E-state index contributed by atoms with van der Waals surface area (Å²) in [5.74, 6) is -2.88. The third-order valence-corrected chi connectivity index (χ3v) is 5.42. The predicted octanol–water partition coefficient (Wildman–Crippen LogP) is 5.22. The van der Waals surface area contributed by atoms with Crippen LogP contribution in [0.1, 0.15) is 24.3 Å². The van der Waals surface area contributed by atoms with Crippen molar-refractivity contribution in [3.05, 3.63) is 53.6 Å². The number of piperidine rings is 1. The molecule has 2 aromatic rings. The molecule has 0 spiro atoms. The fourth-order valence-electron chi connectivity index (χ4n) is 2.94. The first-order valence-electron chi connectivity index (χ1n) is 8.94. The van der Waals surface area contributed by atoms with Crippen LogP contribution in [0.15, 0.2) is 46.2 Å². The number of halogens is 5. The van der Waals surface area contributed by atoms with E-state index in [2.05, 4.69) is 5.32 Å². The summed E-state index contributed by atoms with van der Waals surface area (Å²) in [5.41, 5.74) is 0.780. The van der Waals surface area contributed by atoms with Gasteiger partial charge in [-0.3, -0.25) is 0 Å². The second kappa shape index (κ2) is 10.6. The Morgan fingerprint density at radius 1 is 1.13 bits per heavy atom. The average Bonchev–Trinajstić information content (AvgIpc) is 2.70. The summed E-state index contributed by atoms with van der Waals surface area (Å²) in [6.45, 7) is 1.82. The maximum Gasteiger partial charge on any atom is 0.490 e. The molecule has 3 rings (SSSR count). The van der Waals surface area contributed by atoms with Crippen LogP contribution in [0, 0.1) is 11.6 Å². The van der Waals surface area contributed by atoms with Crippen LogP contribution in [0.4, 0.5) is 22.0 Å². The average molecular weight is 449 g/mol. The number of carboxylic acids is 1. The molecule has 10 heteroatoms. The maximum absolute atomic E-state index is 14.4. The molecule has 1 saturated heterocycles. The first-order chi connectivity index (χ1) is 14.1. The highest BCUT2D eigenvalue weighted by atomic mass is 32.2. The molecule has 1 heterocycles. The van der Waals surface area contributed by atoms with Crippen molar-refractivity contribution in [3.8, 4) is 5.75 Å². The molecule has 1 fully saturated rings. The normalized spacial score (nSPS) is 14.6. The Morgan fingerprint density at radius 3 is 2.33 bits per heavy atom. The van der Waals surface area contributed by atoms with Gasteiger partial charge < -0.3 is 15.2 Å². The molecule has 0 aromatic heterocycles. The summed E-state index contributed by atoms with van der Waals surface area (Å²) in [6, 6.07) is 9.90. The van der Waals surface area contributed by atoms with Gasteiger partial charge in [0.2, 0.25) is 0 Å². The van der Waals surface area contributed by atoms with Crippen molar-refractivity contribution in [2.24, 2.45) is 0 Å². The highest BCUT2D eigenvalue weighted by Crippen LogP contribution is 2.39. The van der Waals surface area contributed by atoms with Gasteiger partial charge in [-0.1, -0.05) is 17.8 Å². The van der Waals surface area contributed by atoms with Crippen LogP contribution in [-0.4, -0.2) is 37.5 Å². The van der Waals surface area contributed by atoms with Gasteiger partial charge in [0.1, 0.15) is 5.82 Å². The summed E-state index contributed by atoms with van der Waals surface area (Å²) in [4.78, 5) is 10.6. The topological polar surface area (TPSA) is 58.6 Å². The smallest absolute Gasteiger partial charge is 0.490 e. The van der Waals surface area contributed by atoms with Crippen LogP contribution >= 0.6 is 11.8 Å². The van der Waals surface area contributed by atoms with Crippen molar-refractivity contribution in [1.29, 1.82) is 0 Å². The number of hydrogen-bond acceptors (Lipinski definition) is 4. The Balaban J connectivity index is 0.000000396. The van der Waals surface area contributed by atoms with Gasteiger partial charge in [-0.05, 0) is 62.2 Å². The summed E-state index contributed by atoms with van der Waals surface area (Å²) in [6.07, 6.45) is -3.22. The van der Waals surface area contributed by atoms with Crippen molar-refractivity contribution in [3.63, 3.8) is 0 Å². The molecule has 1 aliphatic rings. The highest BCUT2D eigenvalue weighted by molar-refractivity contribution is 7.99. The van der Waals surface area contributed by atoms with E-state index in [9.17, 15) is 22.0 Å². The van der Waals surface area contributed by atoms with E-state index in [0.29, 0.717) is 0 Å². The molecule has 0 unspecified atom stereocenters. The van der Waals surface area contributed by atoms with Crippen molar-refractivity contribution in [2.45, 2.75) is 34.7 Å². The van der Waals surface area contributed by atoms with Crippen LogP contribution in [0.25, 0.3) is 0 Å². The van der Waals surface area contributed by atoms with Crippen LogP contribution in [-0.2, 0) is 4.79 Å². The molecule has 0 amide bonds. The first-order valence-corrected chi connectivity index (χ1v) is 9.75. The van der Waals surface area contributed by atoms with E-state index < -0.39 is 18.0 Å². The van der Waals surface area contributed by atoms with Gasteiger partial charge in [0.15, 0.2) is 11.6 Å². The van der Waals surface area contributed by atoms with Gasteiger partial charge in [-0.15, -0.1) is 0 Å². The van der Waals surface area contributed by atoms with Crippen LogP contribution in [0.2, 0.25) is 0 Å². The predicted molar refractivity (Wildman–Crippen MR) is 102 cm³/mol. The number of ether oxygens (including phenoxy) is 1. The second-order valence-corrected chi connectivity index (χ2v) is 7.49. The van der Waals surface area contributed by atoms with Crippen LogP contribution in [0.5, 0.6) is 5.75 Å². The first kappa shape index (κ1) is 23.9. The molecular formula is C20H20F5NO3S. The summed E-state index contributed by atoms with van der Waals surface area (Å²) in [7, 11) is 1.44. The Labute approximate surface area is 174 Å². The van der Waals surface area contributed by atoms with Crippen LogP contribution < -0.4 is 10.1 Å². The molecule has 2 N–H and O–H groups in total. The van der Waals surface area contributed by atoms with E-state index in [1.165, 1.54) is 31.0 Å². The zero-order valence-electron chi connectivity index (χ0n) is 15.9. The van der Waals surface area contributed by atoms with E-state index in [1.54, 1.807) is 18.2 Å². The lowest BCUT2D eigenvalue weighted by Gasteiger charge is -2.25. The number of nitrogens with one attached hydrogen (secondary N) is 1. The lowest BCUT2D eigenvalue weighted by molar-refractivity contribution is -0.192. The number of methoxy groups -OCH3 is 1. The Kier molecular flexibility index (Phi) is 8.48. The number of carboxylic acid groups (broad SMARTS) is 1. The molecular weight excluding hydrogens is 429 g/mol.